The van der Waals surface area contributed by atoms with E-state index in [0.29, 0.717) is 19.0 Å². The summed E-state index contributed by atoms with van der Waals surface area (Å²) in [7, 11) is 1.69. The molecule has 0 spiro atoms. The highest BCUT2D eigenvalue weighted by Gasteiger charge is 2.09. The molecule has 0 fully saturated rings. The Morgan fingerprint density at radius 3 is 2.94 bits per heavy atom. The van der Waals surface area contributed by atoms with Crippen LogP contribution < -0.4 is 5.73 Å². The van der Waals surface area contributed by atoms with Gasteiger partial charge in [0.15, 0.2) is 5.82 Å². The molecule has 0 aliphatic heterocycles. The van der Waals surface area contributed by atoms with Gasteiger partial charge in [-0.05, 0) is 28.5 Å². The van der Waals surface area contributed by atoms with Crippen molar-refractivity contribution in [1.29, 1.82) is 0 Å². The molecule has 1 heterocycles. The van der Waals surface area contributed by atoms with Gasteiger partial charge in [-0.1, -0.05) is 18.2 Å². The highest BCUT2D eigenvalue weighted by Crippen LogP contribution is 2.15. The summed E-state index contributed by atoms with van der Waals surface area (Å²) in [5.74, 6) is 0.648. The summed E-state index contributed by atoms with van der Waals surface area (Å²) >= 11 is 0. The average molecular weight is 233 g/mol. The van der Waals surface area contributed by atoms with Crippen LogP contribution in [0, 0.1) is 0 Å². The van der Waals surface area contributed by atoms with Crippen LogP contribution in [0.25, 0.3) is 5.69 Å². The Hall–Kier alpha value is -1.79. The van der Waals surface area contributed by atoms with Gasteiger partial charge in [0.05, 0.1) is 18.8 Å². The first-order valence-corrected chi connectivity index (χ1v) is 5.41. The molecular weight excluding hydrogens is 218 g/mol. The van der Waals surface area contributed by atoms with E-state index in [1.165, 1.54) is 0 Å². The van der Waals surface area contributed by atoms with Gasteiger partial charge in [0.1, 0.15) is 0 Å². The number of ether oxygens (including phenoxy) is 1. The minimum atomic E-state index is 0.311. The lowest BCUT2D eigenvalue weighted by molar-refractivity contribution is 0.202. The second-order valence-electron chi connectivity index (χ2n) is 3.58. The molecule has 0 radical (unpaired) electrons. The van der Waals surface area contributed by atoms with Crippen molar-refractivity contribution in [3.63, 3.8) is 0 Å². The number of tetrazole rings is 1. The Kier molecular flexibility index (Phi) is 3.79. The fourth-order valence-electron chi connectivity index (χ4n) is 1.66. The van der Waals surface area contributed by atoms with Gasteiger partial charge in [-0.25, -0.2) is 0 Å². The molecule has 0 bridgehead atoms. The van der Waals surface area contributed by atoms with Crippen molar-refractivity contribution in [3.05, 3.63) is 35.7 Å². The van der Waals surface area contributed by atoms with E-state index in [0.717, 1.165) is 17.7 Å². The quantitative estimate of drug-likeness (QED) is 0.804. The molecule has 0 unspecified atom stereocenters. The van der Waals surface area contributed by atoms with Crippen LogP contribution in [0.2, 0.25) is 0 Å². The Morgan fingerprint density at radius 2 is 2.18 bits per heavy atom. The molecule has 2 N–H and O–H groups in total. The summed E-state index contributed by atoms with van der Waals surface area (Å²) in [6, 6.07) is 7.95. The van der Waals surface area contributed by atoms with Crippen LogP contribution in [-0.4, -0.2) is 33.9 Å². The first-order chi connectivity index (χ1) is 8.36. The Morgan fingerprint density at radius 1 is 1.35 bits per heavy atom. The summed E-state index contributed by atoms with van der Waals surface area (Å²) in [6.07, 6.45) is 0.816. The zero-order valence-electron chi connectivity index (χ0n) is 9.71. The SMILES string of the molecule is COCCc1ccccc1-n1nnnc1CN. The Bertz CT molecular complexity index is 482. The summed E-state index contributed by atoms with van der Waals surface area (Å²) in [4.78, 5) is 0. The van der Waals surface area contributed by atoms with Crippen molar-refractivity contribution in [2.24, 2.45) is 5.73 Å². The highest BCUT2D eigenvalue weighted by molar-refractivity contribution is 5.40. The third kappa shape index (κ3) is 2.48. The van der Waals surface area contributed by atoms with Crippen molar-refractivity contribution < 1.29 is 4.74 Å². The third-order valence-corrected chi connectivity index (χ3v) is 2.51. The number of rotatable bonds is 5. The minimum absolute atomic E-state index is 0.311. The molecule has 90 valence electrons. The van der Waals surface area contributed by atoms with Crippen molar-refractivity contribution in [3.8, 4) is 5.69 Å². The molecule has 0 atom stereocenters. The van der Waals surface area contributed by atoms with E-state index in [4.69, 9.17) is 10.5 Å². The van der Waals surface area contributed by atoms with Crippen LogP contribution in [-0.2, 0) is 17.7 Å². The number of benzene rings is 1. The first kappa shape index (κ1) is 11.7. The number of para-hydroxylation sites is 1. The smallest absolute Gasteiger partial charge is 0.170 e. The second-order valence-corrected chi connectivity index (χ2v) is 3.58. The van der Waals surface area contributed by atoms with E-state index >= 15 is 0 Å². The van der Waals surface area contributed by atoms with Crippen molar-refractivity contribution in [2.45, 2.75) is 13.0 Å². The number of hydrogen-bond donors (Lipinski definition) is 1. The van der Waals surface area contributed by atoms with Gasteiger partial charge < -0.3 is 10.5 Å². The summed E-state index contributed by atoms with van der Waals surface area (Å²) in [5.41, 5.74) is 7.68. The maximum Gasteiger partial charge on any atom is 0.170 e. The number of nitrogens with zero attached hydrogens (tertiary/aromatic N) is 4. The number of nitrogens with two attached hydrogens (primary N) is 1. The van der Waals surface area contributed by atoms with Gasteiger partial charge in [-0.2, -0.15) is 4.68 Å². The molecule has 0 aliphatic rings. The molecule has 17 heavy (non-hydrogen) atoms. The zero-order chi connectivity index (χ0) is 12.1. The van der Waals surface area contributed by atoms with E-state index in [9.17, 15) is 0 Å². The lowest BCUT2D eigenvalue weighted by Gasteiger charge is -2.09. The number of methoxy groups -OCH3 is 1. The van der Waals surface area contributed by atoms with Crippen LogP contribution in [0.15, 0.2) is 24.3 Å². The standard InChI is InChI=1S/C11H15N5O/c1-17-7-6-9-4-2-3-5-10(9)16-11(8-12)13-14-15-16/h2-5H,6-8,12H2,1H3. The maximum absolute atomic E-state index is 5.59. The van der Waals surface area contributed by atoms with Crippen molar-refractivity contribution >= 4 is 0 Å². The molecule has 0 amide bonds. The normalized spacial score (nSPS) is 10.7. The lowest BCUT2D eigenvalue weighted by Crippen LogP contribution is -2.10. The molecule has 2 aromatic rings. The topological polar surface area (TPSA) is 78.8 Å². The summed E-state index contributed by atoms with van der Waals surface area (Å²) in [6.45, 7) is 0.975. The largest absolute Gasteiger partial charge is 0.384 e. The number of hydrogen-bond acceptors (Lipinski definition) is 5. The molecule has 1 aromatic carbocycles. The summed E-state index contributed by atoms with van der Waals surface area (Å²) in [5, 5.41) is 11.5. The van der Waals surface area contributed by atoms with Crippen LogP contribution in [0.5, 0.6) is 0 Å². The van der Waals surface area contributed by atoms with Gasteiger partial charge in [-0.15, -0.1) is 5.10 Å². The molecule has 1 aromatic heterocycles. The molecule has 0 aliphatic carbocycles. The predicted octanol–water partition coefficient (Wildman–Crippen LogP) is 0.310. The Balaban J connectivity index is 2.37. The van der Waals surface area contributed by atoms with Crippen LogP contribution in [0.3, 0.4) is 0 Å². The van der Waals surface area contributed by atoms with Crippen LogP contribution in [0.1, 0.15) is 11.4 Å². The average Bonchev–Trinajstić information content (AvgIpc) is 2.84. The molecular formula is C11H15N5O. The van der Waals surface area contributed by atoms with Crippen LogP contribution in [0.4, 0.5) is 0 Å². The lowest BCUT2D eigenvalue weighted by atomic mass is 10.1. The molecule has 0 saturated carbocycles. The molecule has 6 heteroatoms. The molecule has 0 saturated heterocycles. The van der Waals surface area contributed by atoms with E-state index < -0.39 is 0 Å². The van der Waals surface area contributed by atoms with Gasteiger partial charge >= 0.3 is 0 Å². The van der Waals surface area contributed by atoms with Gasteiger partial charge in [0, 0.05) is 7.11 Å². The predicted molar refractivity (Wildman–Crippen MR) is 62.6 cm³/mol. The fourth-order valence-corrected chi connectivity index (χ4v) is 1.66. The van der Waals surface area contributed by atoms with E-state index in [1.54, 1.807) is 11.8 Å². The van der Waals surface area contributed by atoms with Gasteiger partial charge in [0.25, 0.3) is 0 Å². The van der Waals surface area contributed by atoms with Crippen molar-refractivity contribution in [1.82, 2.24) is 20.2 Å². The maximum atomic E-state index is 5.59. The fraction of sp³-hybridized carbons (Fsp3) is 0.364. The Labute approximate surface area is 99.4 Å². The van der Waals surface area contributed by atoms with Gasteiger partial charge in [0.2, 0.25) is 0 Å². The van der Waals surface area contributed by atoms with E-state index in [-0.39, 0.29) is 0 Å². The van der Waals surface area contributed by atoms with Crippen LogP contribution >= 0.6 is 0 Å². The highest BCUT2D eigenvalue weighted by atomic mass is 16.5. The first-order valence-electron chi connectivity index (χ1n) is 5.41. The van der Waals surface area contributed by atoms with E-state index in [2.05, 4.69) is 15.5 Å². The molecule has 6 nitrogen and oxygen atoms in total. The minimum Gasteiger partial charge on any atom is -0.384 e. The van der Waals surface area contributed by atoms with Gasteiger partial charge in [-0.3, -0.25) is 0 Å². The van der Waals surface area contributed by atoms with Crippen molar-refractivity contribution in [2.75, 3.05) is 13.7 Å². The zero-order valence-corrected chi connectivity index (χ0v) is 9.71. The third-order valence-electron chi connectivity index (χ3n) is 2.51. The summed E-state index contributed by atoms with van der Waals surface area (Å²) < 4.78 is 6.76. The second kappa shape index (κ2) is 5.51. The monoisotopic (exact) mass is 233 g/mol. The van der Waals surface area contributed by atoms with E-state index in [1.807, 2.05) is 24.3 Å². The molecule has 2 rings (SSSR count). The number of aromatic nitrogens is 4.